The Labute approximate surface area is 319 Å². The van der Waals surface area contributed by atoms with Gasteiger partial charge in [-0.3, -0.25) is 13.6 Å². The minimum atomic E-state index is -4.38. The third kappa shape index (κ3) is 19.3. The molecule has 288 valence electrons. The molecule has 0 aliphatic carbocycles. The van der Waals surface area contributed by atoms with Crippen molar-refractivity contribution >= 4 is 83.5 Å². The van der Waals surface area contributed by atoms with Crippen LogP contribution in [0.1, 0.15) is 51.9 Å². The molecule has 1 fully saturated rings. The van der Waals surface area contributed by atoms with Crippen molar-refractivity contribution in [3.05, 3.63) is 25.3 Å². The number of alkyl carbamates (subject to hydrolysis) is 1. The second-order valence-corrected chi connectivity index (χ2v) is 17.3. The SMILES string of the molecule is C=CCOP(=O)(OCC=C)O[C@H]1[C@H](OCC[C@@H](CCCCCCC)OC)[C@@H](NC(=O)OCC(Cl)(Cl)Cl)C(OC(N)C(Cl)(Cl)Cl)O[C@@H]1COC. The molecule has 0 bridgehead atoms. The summed E-state index contributed by atoms with van der Waals surface area (Å²) in [4.78, 5) is 13.0. The molecule has 1 heterocycles. The van der Waals surface area contributed by atoms with E-state index in [1.165, 1.54) is 19.3 Å². The highest BCUT2D eigenvalue weighted by atomic mass is 35.6. The average molecular weight is 845 g/mol. The van der Waals surface area contributed by atoms with E-state index in [9.17, 15) is 9.36 Å². The number of hydrogen-bond acceptors (Lipinski definition) is 12. The molecule has 2 unspecified atom stereocenters. The molecule has 0 saturated carbocycles. The monoisotopic (exact) mass is 842 g/mol. The van der Waals surface area contributed by atoms with Gasteiger partial charge in [-0.15, -0.1) is 13.2 Å². The summed E-state index contributed by atoms with van der Waals surface area (Å²) in [5, 5.41) is 2.57. The first-order chi connectivity index (χ1) is 23.0. The molecule has 0 radical (unpaired) electrons. The lowest BCUT2D eigenvalue weighted by atomic mass is 9.96. The third-order valence-electron chi connectivity index (χ3n) is 6.90. The summed E-state index contributed by atoms with van der Waals surface area (Å²) in [5.74, 6) is 0. The second-order valence-electron chi connectivity index (χ2n) is 10.8. The van der Waals surface area contributed by atoms with Crippen LogP contribution in [-0.4, -0.2) is 104 Å². The molecule has 0 aromatic carbocycles. The highest BCUT2D eigenvalue weighted by Crippen LogP contribution is 2.52. The number of alkyl halides is 6. The van der Waals surface area contributed by atoms with E-state index in [2.05, 4.69) is 25.4 Å². The van der Waals surface area contributed by atoms with E-state index in [0.717, 1.165) is 38.5 Å². The average Bonchev–Trinajstić information content (AvgIpc) is 3.03. The van der Waals surface area contributed by atoms with Crippen molar-refractivity contribution in [1.29, 1.82) is 0 Å². The molecule has 20 heteroatoms. The van der Waals surface area contributed by atoms with Crippen LogP contribution in [0.4, 0.5) is 4.79 Å². The number of phosphoric acid groups is 1. The lowest BCUT2D eigenvalue weighted by molar-refractivity contribution is -0.285. The summed E-state index contributed by atoms with van der Waals surface area (Å²) in [7, 11) is -1.37. The number of ether oxygens (including phenoxy) is 6. The number of carbonyl (C=O) groups excluding carboxylic acids is 1. The quantitative estimate of drug-likeness (QED) is 0.0307. The van der Waals surface area contributed by atoms with Crippen LogP contribution >= 0.6 is 77.4 Å². The standard InChI is InChI=1S/C29H49Cl6N2O11P/c1-6-9-10-11-12-13-20(41-5)14-17-42-24-22(37-27(38)43-19-28(30,31)32)25(47-26(36)29(33,34)35)46-21(18-40-4)23(24)48-49(39,44-15-7-2)45-16-8-3/h7-8,20-26H,2-3,6,9-19,36H2,1,4-5H3,(H,37,38)/t20-,21-,22-,23-,24-,25?,26?/m1/s1. The predicted molar refractivity (Wildman–Crippen MR) is 192 cm³/mol. The van der Waals surface area contributed by atoms with Gasteiger partial charge < -0.3 is 39.5 Å². The predicted octanol–water partition coefficient (Wildman–Crippen LogP) is 7.54. The van der Waals surface area contributed by atoms with Gasteiger partial charge in [-0.1, -0.05) is 121 Å². The minimum Gasteiger partial charge on any atom is -0.445 e. The number of hydrogen-bond donors (Lipinski definition) is 2. The number of carbonyl (C=O) groups is 1. The summed E-state index contributed by atoms with van der Waals surface area (Å²) in [5.41, 5.74) is 6.02. The van der Waals surface area contributed by atoms with E-state index in [1.807, 2.05) is 0 Å². The highest BCUT2D eigenvalue weighted by Gasteiger charge is 2.53. The van der Waals surface area contributed by atoms with Crippen LogP contribution in [0.2, 0.25) is 0 Å². The van der Waals surface area contributed by atoms with E-state index in [1.54, 1.807) is 7.11 Å². The van der Waals surface area contributed by atoms with Gasteiger partial charge in [0.25, 0.3) is 0 Å². The van der Waals surface area contributed by atoms with Gasteiger partial charge in [0.05, 0.1) is 25.9 Å². The number of methoxy groups -OCH3 is 2. The maximum atomic E-state index is 13.9. The largest absolute Gasteiger partial charge is 0.475 e. The van der Waals surface area contributed by atoms with Gasteiger partial charge >= 0.3 is 13.9 Å². The number of unbranched alkanes of at least 4 members (excludes halogenated alkanes) is 4. The van der Waals surface area contributed by atoms with Gasteiger partial charge in [0.1, 0.15) is 31.0 Å². The fourth-order valence-corrected chi connectivity index (χ4v) is 6.21. The van der Waals surface area contributed by atoms with Crippen LogP contribution < -0.4 is 11.1 Å². The zero-order valence-corrected chi connectivity index (χ0v) is 33.3. The minimum absolute atomic E-state index is 0.0631. The Bertz CT molecular complexity index is 995. The van der Waals surface area contributed by atoms with Gasteiger partial charge in [0, 0.05) is 20.8 Å². The lowest BCUT2D eigenvalue weighted by Crippen LogP contribution is -2.67. The first-order valence-electron chi connectivity index (χ1n) is 15.6. The van der Waals surface area contributed by atoms with Gasteiger partial charge in [0.15, 0.2) is 12.5 Å². The summed E-state index contributed by atoms with van der Waals surface area (Å²) < 4.78 is 61.2. The highest BCUT2D eigenvalue weighted by molar-refractivity contribution is 7.48. The zero-order chi connectivity index (χ0) is 37.1. The number of amides is 1. The summed E-state index contributed by atoms with van der Waals surface area (Å²) >= 11 is 35.3. The fraction of sp³-hybridized carbons (Fsp3) is 0.828. The Morgan fingerprint density at radius 3 is 2.16 bits per heavy atom. The Morgan fingerprint density at radius 1 is 1.00 bits per heavy atom. The van der Waals surface area contributed by atoms with Crippen LogP contribution in [0.5, 0.6) is 0 Å². The van der Waals surface area contributed by atoms with Crippen molar-refractivity contribution in [2.45, 2.75) is 102 Å². The number of phosphoric ester groups is 1. The molecule has 3 N–H and O–H groups in total. The zero-order valence-electron chi connectivity index (χ0n) is 27.9. The Kier molecular flexibility index (Phi) is 23.8. The van der Waals surface area contributed by atoms with Crippen molar-refractivity contribution in [1.82, 2.24) is 5.32 Å². The van der Waals surface area contributed by atoms with E-state index in [-0.39, 0.29) is 32.5 Å². The van der Waals surface area contributed by atoms with E-state index in [0.29, 0.717) is 6.42 Å². The van der Waals surface area contributed by atoms with E-state index >= 15 is 0 Å². The summed E-state index contributed by atoms with van der Waals surface area (Å²) in [6.07, 6.45) is 1.41. The van der Waals surface area contributed by atoms with Crippen molar-refractivity contribution in [2.24, 2.45) is 5.73 Å². The first-order valence-corrected chi connectivity index (χ1v) is 19.3. The van der Waals surface area contributed by atoms with Crippen LogP contribution in [0, 0.1) is 0 Å². The maximum absolute atomic E-state index is 13.9. The van der Waals surface area contributed by atoms with Crippen molar-refractivity contribution in [3.8, 4) is 0 Å². The molecule has 0 aromatic heterocycles. The van der Waals surface area contributed by atoms with Crippen molar-refractivity contribution in [2.75, 3.05) is 47.3 Å². The summed E-state index contributed by atoms with van der Waals surface area (Å²) in [6.45, 7) is 8.18. The molecule has 1 amide bonds. The van der Waals surface area contributed by atoms with Crippen LogP contribution in [0.3, 0.4) is 0 Å². The Morgan fingerprint density at radius 2 is 1.63 bits per heavy atom. The number of nitrogens with two attached hydrogens (primary N) is 1. The summed E-state index contributed by atoms with van der Waals surface area (Å²) in [6, 6.07) is -1.35. The number of nitrogens with one attached hydrogen (secondary N) is 1. The molecule has 1 aliphatic rings. The van der Waals surface area contributed by atoms with Crippen molar-refractivity contribution < 1.29 is 51.4 Å². The van der Waals surface area contributed by atoms with Crippen LogP contribution in [-0.2, 0) is 46.6 Å². The molecule has 1 aliphatic heterocycles. The lowest BCUT2D eigenvalue weighted by Gasteiger charge is -2.47. The molecule has 1 saturated heterocycles. The van der Waals surface area contributed by atoms with Gasteiger partial charge in [-0.05, 0) is 12.8 Å². The molecular weight excluding hydrogens is 796 g/mol. The van der Waals surface area contributed by atoms with E-state index in [4.69, 9.17) is 117 Å². The molecule has 0 aromatic rings. The maximum Gasteiger partial charge on any atom is 0.475 e. The number of rotatable bonds is 25. The normalized spacial score (nSPS) is 23.1. The molecule has 0 spiro atoms. The second kappa shape index (κ2) is 24.6. The third-order valence-corrected chi connectivity index (χ3v) is 9.30. The van der Waals surface area contributed by atoms with Crippen LogP contribution in [0.25, 0.3) is 0 Å². The Hall–Kier alpha value is 0.360. The molecule has 49 heavy (non-hydrogen) atoms. The van der Waals surface area contributed by atoms with Crippen molar-refractivity contribution in [3.63, 3.8) is 0 Å². The van der Waals surface area contributed by atoms with Crippen LogP contribution in [0.15, 0.2) is 25.3 Å². The topological polar surface area (TPSA) is 155 Å². The fourth-order valence-electron chi connectivity index (χ4n) is 4.57. The van der Waals surface area contributed by atoms with Gasteiger partial charge in [-0.25, -0.2) is 9.36 Å². The Balaban J connectivity index is 3.57. The first kappa shape index (κ1) is 47.4. The molecule has 1 rings (SSSR count). The molecule has 13 nitrogen and oxygen atoms in total. The number of halogens is 6. The van der Waals surface area contributed by atoms with Gasteiger partial charge in [-0.2, -0.15) is 0 Å². The molecule has 7 atom stereocenters. The van der Waals surface area contributed by atoms with E-state index < -0.39 is 65.0 Å². The molecular formula is C29H49Cl6N2O11P. The van der Waals surface area contributed by atoms with Gasteiger partial charge in [0.2, 0.25) is 7.59 Å². The smallest absolute Gasteiger partial charge is 0.445 e.